The molecule has 16 heavy (non-hydrogen) atoms. The molecule has 2 unspecified atom stereocenters. The summed E-state index contributed by atoms with van der Waals surface area (Å²) in [5.74, 6) is 2.61. The third-order valence-electron chi connectivity index (χ3n) is 3.58. The molecule has 1 N–H and O–H groups in total. The second kappa shape index (κ2) is 4.22. The van der Waals surface area contributed by atoms with Crippen LogP contribution < -0.4 is 5.32 Å². The van der Waals surface area contributed by atoms with Crippen molar-refractivity contribution < 1.29 is 9.15 Å². The molecule has 1 aliphatic carbocycles. The minimum Gasteiger partial charge on any atom is -0.462 e. The fourth-order valence-electron chi connectivity index (χ4n) is 2.40. The van der Waals surface area contributed by atoms with Crippen molar-refractivity contribution >= 4 is 0 Å². The number of nitrogens with one attached hydrogen (secondary N) is 1. The molecule has 1 aromatic rings. The summed E-state index contributed by atoms with van der Waals surface area (Å²) in [5.41, 5.74) is 0.446. The lowest BCUT2D eigenvalue weighted by molar-refractivity contribution is 0.160. The highest BCUT2D eigenvalue weighted by Gasteiger charge is 2.50. The van der Waals surface area contributed by atoms with E-state index >= 15 is 0 Å². The Morgan fingerprint density at radius 2 is 2.25 bits per heavy atom. The number of hydrogen-bond acceptors (Lipinski definition) is 3. The smallest absolute Gasteiger partial charge is 0.129 e. The maximum Gasteiger partial charge on any atom is 0.129 e. The van der Waals surface area contributed by atoms with Crippen LogP contribution in [-0.2, 0) is 11.3 Å². The fraction of sp³-hybridized carbons (Fsp3) is 0.692. The van der Waals surface area contributed by atoms with Crippen molar-refractivity contribution in [2.24, 2.45) is 11.3 Å². The van der Waals surface area contributed by atoms with Gasteiger partial charge in [-0.05, 0) is 36.9 Å². The quantitative estimate of drug-likeness (QED) is 0.833. The molecular formula is C13H21NO2. The van der Waals surface area contributed by atoms with Gasteiger partial charge in [0.25, 0.3) is 0 Å². The Morgan fingerprint density at radius 1 is 1.56 bits per heavy atom. The summed E-state index contributed by atoms with van der Waals surface area (Å²) in [5, 5.41) is 3.36. The van der Waals surface area contributed by atoms with Gasteiger partial charge in [-0.15, -0.1) is 0 Å². The van der Waals surface area contributed by atoms with Gasteiger partial charge in [0.2, 0.25) is 0 Å². The molecule has 1 heterocycles. The topological polar surface area (TPSA) is 34.4 Å². The van der Waals surface area contributed by atoms with Gasteiger partial charge in [0.15, 0.2) is 0 Å². The van der Waals surface area contributed by atoms with E-state index in [0.717, 1.165) is 11.5 Å². The molecule has 90 valence electrons. The maximum absolute atomic E-state index is 5.78. The fourth-order valence-corrected chi connectivity index (χ4v) is 2.40. The molecule has 0 bridgehead atoms. The molecule has 0 spiro atoms. The molecule has 1 aromatic heterocycles. The maximum atomic E-state index is 5.78. The van der Waals surface area contributed by atoms with E-state index in [4.69, 9.17) is 9.15 Å². The Morgan fingerprint density at radius 3 is 2.75 bits per heavy atom. The molecule has 2 rings (SSSR count). The molecule has 0 radical (unpaired) electrons. The minimum absolute atomic E-state index is 0.334. The highest BCUT2D eigenvalue weighted by atomic mass is 16.5. The number of methoxy groups -OCH3 is 1. The average molecular weight is 223 g/mol. The van der Waals surface area contributed by atoms with Gasteiger partial charge in [0.05, 0.1) is 6.04 Å². The molecule has 3 nitrogen and oxygen atoms in total. The first-order valence-corrected chi connectivity index (χ1v) is 5.83. The monoisotopic (exact) mass is 223 g/mol. The van der Waals surface area contributed by atoms with Crippen molar-refractivity contribution in [1.82, 2.24) is 5.32 Å². The normalized spacial score (nSPS) is 24.4. The van der Waals surface area contributed by atoms with Crippen LogP contribution in [0.5, 0.6) is 0 Å². The van der Waals surface area contributed by atoms with E-state index in [0.29, 0.717) is 24.0 Å². The summed E-state index contributed by atoms with van der Waals surface area (Å²) in [6.45, 7) is 5.16. The van der Waals surface area contributed by atoms with Gasteiger partial charge in [-0.25, -0.2) is 0 Å². The predicted octanol–water partition coefficient (Wildman–Crippen LogP) is 2.73. The van der Waals surface area contributed by atoms with Crippen LogP contribution in [0.2, 0.25) is 0 Å². The average Bonchev–Trinajstić information content (AvgIpc) is 2.64. The van der Waals surface area contributed by atoms with E-state index in [9.17, 15) is 0 Å². The molecular weight excluding hydrogens is 202 g/mol. The zero-order chi connectivity index (χ0) is 11.8. The number of rotatable bonds is 5. The van der Waals surface area contributed by atoms with E-state index in [1.165, 1.54) is 6.42 Å². The first-order chi connectivity index (χ1) is 7.58. The van der Waals surface area contributed by atoms with Crippen LogP contribution in [0, 0.1) is 11.3 Å². The number of ether oxygens (including phenoxy) is 1. The van der Waals surface area contributed by atoms with Crippen LogP contribution in [-0.4, -0.2) is 14.2 Å². The van der Waals surface area contributed by atoms with Gasteiger partial charge in [-0.2, -0.15) is 0 Å². The molecule has 3 heteroatoms. The first kappa shape index (κ1) is 11.7. The van der Waals surface area contributed by atoms with Crippen LogP contribution in [0.4, 0.5) is 0 Å². The molecule has 0 aliphatic heterocycles. The van der Waals surface area contributed by atoms with E-state index in [1.807, 2.05) is 13.1 Å². The van der Waals surface area contributed by atoms with Crippen LogP contribution >= 0.6 is 0 Å². The van der Waals surface area contributed by atoms with Crippen LogP contribution in [0.1, 0.15) is 37.8 Å². The molecule has 0 aromatic carbocycles. The standard InChI is InChI=1S/C13H21NO2/c1-13(2)7-10(13)12(14-3)11-6-5-9(16-11)8-15-4/h5-6,10,12,14H,7-8H2,1-4H3. The van der Waals surface area contributed by atoms with Crippen LogP contribution in [0.3, 0.4) is 0 Å². The summed E-state index contributed by atoms with van der Waals surface area (Å²) in [6, 6.07) is 4.39. The largest absolute Gasteiger partial charge is 0.462 e. The summed E-state index contributed by atoms with van der Waals surface area (Å²) in [7, 11) is 3.68. The van der Waals surface area contributed by atoms with Crippen molar-refractivity contribution in [3.63, 3.8) is 0 Å². The SMILES string of the molecule is CNC(c1ccc(COC)o1)C1CC1(C)C. The van der Waals surface area contributed by atoms with E-state index in [1.54, 1.807) is 7.11 Å². The molecule has 1 fully saturated rings. The van der Waals surface area contributed by atoms with Crippen LogP contribution in [0.15, 0.2) is 16.5 Å². The zero-order valence-electron chi connectivity index (χ0n) is 10.5. The lowest BCUT2D eigenvalue weighted by Crippen LogP contribution is -2.19. The predicted molar refractivity (Wildman–Crippen MR) is 63.1 cm³/mol. The Bertz CT molecular complexity index is 357. The second-order valence-electron chi connectivity index (χ2n) is 5.30. The molecule has 2 atom stereocenters. The Hall–Kier alpha value is -0.800. The Balaban J connectivity index is 2.09. The van der Waals surface area contributed by atoms with Gasteiger partial charge in [0, 0.05) is 7.11 Å². The van der Waals surface area contributed by atoms with Crippen molar-refractivity contribution in [3.8, 4) is 0 Å². The van der Waals surface area contributed by atoms with E-state index < -0.39 is 0 Å². The molecule has 0 saturated heterocycles. The second-order valence-corrected chi connectivity index (χ2v) is 5.30. The third-order valence-corrected chi connectivity index (χ3v) is 3.58. The Kier molecular flexibility index (Phi) is 3.08. The van der Waals surface area contributed by atoms with Gasteiger partial charge in [-0.3, -0.25) is 0 Å². The van der Waals surface area contributed by atoms with Gasteiger partial charge in [-0.1, -0.05) is 13.8 Å². The molecule has 0 amide bonds. The summed E-state index contributed by atoms with van der Waals surface area (Å²) >= 11 is 0. The lowest BCUT2D eigenvalue weighted by Gasteiger charge is -2.15. The van der Waals surface area contributed by atoms with E-state index in [2.05, 4.69) is 25.2 Å². The Labute approximate surface area is 97.2 Å². The molecule has 1 saturated carbocycles. The first-order valence-electron chi connectivity index (χ1n) is 5.83. The number of furan rings is 1. The summed E-state index contributed by atoms with van der Waals surface area (Å²) < 4.78 is 10.8. The lowest BCUT2D eigenvalue weighted by atomic mass is 10.0. The minimum atomic E-state index is 0.334. The van der Waals surface area contributed by atoms with Crippen molar-refractivity contribution in [3.05, 3.63) is 23.7 Å². The summed E-state index contributed by atoms with van der Waals surface area (Å²) in [6.07, 6.45) is 1.26. The highest BCUT2D eigenvalue weighted by molar-refractivity contribution is 5.16. The van der Waals surface area contributed by atoms with Gasteiger partial charge in [0.1, 0.15) is 18.1 Å². The molecule has 1 aliphatic rings. The van der Waals surface area contributed by atoms with Gasteiger partial charge >= 0.3 is 0 Å². The highest BCUT2D eigenvalue weighted by Crippen LogP contribution is 2.57. The third kappa shape index (κ3) is 2.15. The van der Waals surface area contributed by atoms with Crippen molar-refractivity contribution in [2.45, 2.75) is 32.9 Å². The summed E-state index contributed by atoms with van der Waals surface area (Å²) in [4.78, 5) is 0. The number of hydrogen-bond donors (Lipinski definition) is 1. The van der Waals surface area contributed by atoms with Crippen molar-refractivity contribution in [2.75, 3.05) is 14.2 Å². The van der Waals surface area contributed by atoms with Crippen LogP contribution in [0.25, 0.3) is 0 Å². The van der Waals surface area contributed by atoms with E-state index in [-0.39, 0.29) is 0 Å². The van der Waals surface area contributed by atoms with Gasteiger partial charge < -0.3 is 14.5 Å². The zero-order valence-corrected chi connectivity index (χ0v) is 10.5. The van der Waals surface area contributed by atoms with Crippen molar-refractivity contribution in [1.29, 1.82) is 0 Å².